The first-order valence-corrected chi connectivity index (χ1v) is 11.1. The summed E-state index contributed by atoms with van der Waals surface area (Å²) in [6.45, 7) is 2.12. The lowest BCUT2D eigenvalue weighted by atomic mass is 9.48. The number of rotatable bonds is 5. The molecule has 2 aromatic rings. The van der Waals surface area contributed by atoms with E-state index in [4.69, 9.17) is 4.74 Å². The van der Waals surface area contributed by atoms with Crippen LogP contribution in [0.25, 0.3) is 17.3 Å². The number of phenols is 1. The molecular weight excluding hydrogens is 376 g/mol. The van der Waals surface area contributed by atoms with E-state index >= 15 is 0 Å². The van der Waals surface area contributed by atoms with E-state index in [1.54, 1.807) is 25.4 Å². The quantitative estimate of drug-likeness (QED) is 0.567. The van der Waals surface area contributed by atoms with Crippen molar-refractivity contribution in [2.45, 2.75) is 50.9 Å². The third-order valence-corrected chi connectivity index (χ3v) is 7.25. The highest BCUT2D eigenvalue weighted by molar-refractivity contribution is 5.86. The molecule has 30 heavy (non-hydrogen) atoms. The molecule has 0 unspecified atom stereocenters. The Morgan fingerprint density at radius 1 is 1.13 bits per heavy atom. The van der Waals surface area contributed by atoms with Crippen molar-refractivity contribution in [1.82, 2.24) is 9.97 Å². The predicted molar refractivity (Wildman–Crippen MR) is 115 cm³/mol. The number of carbonyl (C=O) groups excluding carboxylic acids is 1. The maximum atomic E-state index is 11.5. The molecule has 1 aromatic carbocycles. The third kappa shape index (κ3) is 3.51. The number of phenolic OH excluding ortho intramolecular Hbond substituents is 1. The van der Waals surface area contributed by atoms with Gasteiger partial charge in [-0.25, -0.2) is 4.79 Å². The van der Waals surface area contributed by atoms with Gasteiger partial charge in [-0.1, -0.05) is 0 Å². The SMILES string of the molecule is CCOC(=O)/C=C/c1cnc(-c2ccc(O)c(C34CC5CC(CC(C5)C3)C4)c2)cn1. The Balaban J connectivity index is 1.41. The molecule has 156 valence electrons. The molecule has 1 aromatic heterocycles. The lowest BCUT2D eigenvalue weighted by Gasteiger charge is -2.57. The molecule has 0 saturated heterocycles. The highest BCUT2D eigenvalue weighted by Gasteiger charge is 2.52. The molecule has 0 amide bonds. The average molecular weight is 405 g/mol. The maximum absolute atomic E-state index is 11.5. The average Bonchev–Trinajstić information content (AvgIpc) is 2.72. The van der Waals surface area contributed by atoms with Gasteiger partial charge in [0.15, 0.2) is 0 Å². The van der Waals surface area contributed by atoms with Crippen LogP contribution in [0.15, 0.2) is 36.7 Å². The van der Waals surface area contributed by atoms with Gasteiger partial charge in [0, 0.05) is 17.2 Å². The van der Waals surface area contributed by atoms with Crippen molar-refractivity contribution < 1.29 is 14.6 Å². The molecule has 4 bridgehead atoms. The highest BCUT2D eigenvalue weighted by atomic mass is 16.5. The Morgan fingerprint density at radius 3 is 2.43 bits per heavy atom. The first kappa shape index (κ1) is 19.3. The number of ether oxygens (including phenoxy) is 1. The molecular formula is C25H28N2O3. The van der Waals surface area contributed by atoms with Crippen molar-refractivity contribution in [3.05, 3.63) is 47.9 Å². The molecule has 4 fully saturated rings. The van der Waals surface area contributed by atoms with E-state index in [1.807, 2.05) is 12.1 Å². The van der Waals surface area contributed by atoms with E-state index in [0.29, 0.717) is 18.1 Å². The summed E-state index contributed by atoms with van der Waals surface area (Å²) in [5.41, 5.74) is 3.59. The Kier molecular flexibility index (Phi) is 4.84. The number of esters is 1. The summed E-state index contributed by atoms with van der Waals surface area (Å²) in [5.74, 6) is 2.50. The van der Waals surface area contributed by atoms with Crippen molar-refractivity contribution in [2.24, 2.45) is 17.8 Å². The predicted octanol–water partition coefficient (Wildman–Crippen LogP) is 4.89. The van der Waals surface area contributed by atoms with Gasteiger partial charge in [0.2, 0.25) is 0 Å². The molecule has 4 aliphatic rings. The normalized spacial score (nSPS) is 29.4. The maximum Gasteiger partial charge on any atom is 0.330 e. The van der Waals surface area contributed by atoms with E-state index in [1.165, 1.54) is 44.6 Å². The van der Waals surface area contributed by atoms with E-state index in [9.17, 15) is 9.90 Å². The van der Waals surface area contributed by atoms with Crippen molar-refractivity contribution in [3.63, 3.8) is 0 Å². The largest absolute Gasteiger partial charge is 0.508 e. The molecule has 0 radical (unpaired) electrons. The van der Waals surface area contributed by atoms with Crippen LogP contribution in [0.2, 0.25) is 0 Å². The van der Waals surface area contributed by atoms with Gasteiger partial charge in [0.1, 0.15) is 5.75 Å². The van der Waals surface area contributed by atoms with E-state index in [-0.39, 0.29) is 11.4 Å². The minimum atomic E-state index is -0.387. The lowest BCUT2D eigenvalue weighted by Crippen LogP contribution is -2.48. The number of hydrogen-bond donors (Lipinski definition) is 1. The molecule has 5 nitrogen and oxygen atoms in total. The van der Waals surface area contributed by atoms with Crippen LogP contribution in [0.5, 0.6) is 5.75 Å². The molecule has 1 heterocycles. The molecule has 4 aliphatic carbocycles. The molecule has 6 rings (SSSR count). The summed E-state index contributed by atoms with van der Waals surface area (Å²) in [6, 6.07) is 5.87. The number of aromatic hydroxyl groups is 1. The smallest absolute Gasteiger partial charge is 0.330 e. The standard InChI is InChI=1S/C25H28N2O3/c1-2-30-24(29)6-4-20-14-27-22(15-26-20)19-3-5-23(28)21(10-19)25-11-16-7-17(12-25)9-18(8-16)13-25/h3-6,10,14-18,28H,2,7-9,11-13H2,1H3/b6-4+. The van der Waals surface area contributed by atoms with Crippen LogP contribution in [-0.2, 0) is 14.9 Å². The van der Waals surface area contributed by atoms with Gasteiger partial charge in [-0.15, -0.1) is 0 Å². The first-order valence-electron chi connectivity index (χ1n) is 11.1. The van der Waals surface area contributed by atoms with Crippen molar-refractivity contribution in [1.29, 1.82) is 0 Å². The monoisotopic (exact) mass is 404 g/mol. The highest BCUT2D eigenvalue weighted by Crippen LogP contribution is 2.62. The summed E-state index contributed by atoms with van der Waals surface area (Å²) in [5, 5.41) is 10.8. The Labute approximate surface area is 177 Å². The van der Waals surface area contributed by atoms with Gasteiger partial charge < -0.3 is 9.84 Å². The number of hydrogen-bond acceptors (Lipinski definition) is 5. The first-order chi connectivity index (χ1) is 14.5. The zero-order chi connectivity index (χ0) is 20.7. The second-order valence-corrected chi connectivity index (χ2v) is 9.34. The number of nitrogens with zero attached hydrogens (tertiary/aromatic N) is 2. The molecule has 4 saturated carbocycles. The lowest BCUT2D eigenvalue weighted by molar-refractivity contribution is -0.137. The molecule has 0 atom stereocenters. The fraction of sp³-hybridized carbons (Fsp3) is 0.480. The Bertz CT molecular complexity index is 945. The van der Waals surface area contributed by atoms with Gasteiger partial charge in [-0.3, -0.25) is 9.97 Å². The second kappa shape index (κ2) is 7.53. The van der Waals surface area contributed by atoms with Gasteiger partial charge in [-0.05, 0) is 92.9 Å². The summed E-state index contributed by atoms with van der Waals surface area (Å²) in [7, 11) is 0. The van der Waals surface area contributed by atoms with Crippen LogP contribution in [0.3, 0.4) is 0 Å². The summed E-state index contributed by atoms with van der Waals surface area (Å²) < 4.78 is 4.88. The van der Waals surface area contributed by atoms with E-state index in [2.05, 4.69) is 16.0 Å². The van der Waals surface area contributed by atoms with Crippen LogP contribution < -0.4 is 0 Å². The summed E-state index contributed by atoms with van der Waals surface area (Å²) in [4.78, 5) is 20.4. The van der Waals surface area contributed by atoms with Crippen LogP contribution in [0.1, 0.15) is 56.7 Å². The Morgan fingerprint density at radius 2 is 1.83 bits per heavy atom. The molecule has 0 spiro atoms. The van der Waals surface area contributed by atoms with Crippen molar-refractivity contribution in [2.75, 3.05) is 6.61 Å². The fourth-order valence-corrected chi connectivity index (χ4v) is 6.48. The van der Waals surface area contributed by atoms with Gasteiger partial charge in [0.25, 0.3) is 0 Å². The Hall–Kier alpha value is -2.69. The van der Waals surface area contributed by atoms with Crippen molar-refractivity contribution in [3.8, 4) is 17.0 Å². The zero-order valence-corrected chi connectivity index (χ0v) is 17.4. The molecule has 1 N–H and O–H groups in total. The van der Waals surface area contributed by atoms with Crippen LogP contribution in [0, 0.1) is 17.8 Å². The van der Waals surface area contributed by atoms with Crippen LogP contribution in [0.4, 0.5) is 0 Å². The van der Waals surface area contributed by atoms with E-state index < -0.39 is 0 Å². The number of carbonyl (C=O) groups is 1. The zero-order valence-electron chi connectivity index (χ0n) is 17.4. The summed E-state index contributed by atoms with van der Waals surface area (Å²) in [6.07, 6.45) is 14.1. The van der Waals surface area contributed by atoms with Crippen LogP contribution >= 0.6 is 0 Å². The molecule has 5 heteroatoms. The van der Waals surface area contributed by atoms with Gasteiger partial charge in [0.05, 0.1) is 30.4 Å². The van der Waals surface area contributed by atoms with Gasteiger partial charge in [-0.2, -0.15) is 0 Å². The van der Waals surface area contributed by atoms with Gasteiger partial charge >= 0.3 is 5.97 Å². The topological polar surface area (TPSA) is 72.3 Å². The minimum Gasteiger partial charge on any atom is -0.508 e. The van der Waals surface area contributed by atoms with Crippen LogP contribution in [-0.4, -0.2) is 27.7 Å². The number of benzene rings is 1. The third-order valence-electron chi connectivity index (χ3n) is 7.25. The fourth-order valence-electron chi connectivity index (χ4n) is 6.48. The number of aromatic nitrogens is 2. The second-order valence-electron chi connectivity index (χ2n) is 9.34. The van der Waals surface area contributed by atoms with E-state index in [0.717, 1.165) is 34.6 Å². The van der Waals surface area contributed by atoms with Crippen molar-refractivity contribution >= 4 is 12.0 Å². The summed E-state index contributed by atoms with van der Waals surface area (Å²) >= 11 is 0. The minimum absolute atomic E-state index is 0.130. The molecule has 0 aliphatic heterocycles.